The van der Waals surface area contributed by atoms with Gasteiger partial charge in [-0.05, 0) is 48.1 Å². The Kier molecular flexibility index (Phi) is 7.30. The van der Waals surface area contributed by atoms with Gasteiger partial charge < -0.3 is 9.84 Å². The topological polar surface area (TPSA) is 105 Å². The molecule has 1 fully saturated rings. The molecule has 0 aliphatic carbocycles. The highest BCUT2D eigenvalue weighted by atomic mass is 35.5. The van der Waals surface area contributed by atoms with Crippen molar-refractivity contribution in [3.8, 4) is 11.4 Å². The summed E-state index contributed by atoms with van der Waals surface area (Å²) in [6, 6.07) is 14.0. The van der Waals surface area contributed by atoms with Crippen molar-refractivity contribution in [3.05, 3.63) is 65.0 Å². The van der Waals surface area contributed by atoms with Crippen molar-refractivity contribution in [1.82, 2.24) is 19.8 Å². The molecule has 35 heavy (non-hydrogen) atoms. The monoisotopic (exact) mass is 516 g/mol. The molecule has 1 atom stereocenters. The van der Waals surface area contributed by atoms with E-state index in [1.165, 1.54) is 22.0 Å². The molecule has 0 unspecified atom stereocenters. The van der Waals surface area contributed by atoms with Gasteiger partial charge in [-0.1, -0.05) is 61.8 Å². The SMILES string of the molecule is CC(C)(C)c1ccc(-c2noc(CNC(=O)[C@@H]3CCCN(S(=O)(=O)c4ccc(Cl)cc4)C3)n2)cc1. The van der Waals surface area contributed by atoms with Crippen molar-refractivity contribution >= 4 is 27.5 Å². The van der Waals surface area contributed by atoms with Gasteiger partial charge in [0.2, 0.25) is 27.6 Å². The molecule has 1 amide bonds. The predicted molar refractivity (Wildman–Crippen MR) is 133 cm³/mol. The lowest BCUT2D eigenvalue weighted by Crippen LogP contribution is -2.45. The minimum absolute atomic E-state index is 0.0497. The zero-order chi connectivity index (χ0) is 25.2. The number of carbonyl (C=O) groups is 1. The predicted octanol–water partition coefficient (Wildman–Crippen LogP) is 4.40. The summed E-state index contributed by atoms with van der Waals surface area (Å²) in [5, 5.41) is 7.29. The molecule has 4 rings (SSSR count). The van der Waals surface area contributed by atoms with E-state index >= 15 is 0 Å². The maximum Gasteiger partial charge on any atom is 0.246 e. The van der Waals surface area contributed by atoms with Crippen LogP contribution < -0.4 is 5.32 Å². The number of carbonyl (C=O) groups excluding carboxylic acids is 1. The Morgan fingerprint density at radius 2 is 1.83 bits per heavy atom. The summed E-state index contributed by atoms with van der Waals surface area (Å²) in [4.78, 5) is 17.3. The van der Waals surface area contributed by atoms with Gasteiger partial charge >= 0.3 is 0 Å². The summed E-state index contributed by atoms with van der Waals surface area (Å²) in [5.74, 6) is 0.0377. The van der Waals surface area contributed by atoms with Gasteiger partial charge in [0.15, 0.2) is 0 Å². The van der Waals surface area contributed by atoms with Crippen LogP contribution in [0.3, 0.4) is 0 Å². The second-order valence-corrected chi connectivity index (χ2v) is 12.1. The van der Waals surface area contributed by atoms with E-state index in [1.807, 2.05) is 24.3 Å². The summed E-state index contributed by atoms with van der Waals surface area (Å²) in [5.41, 5.74) is 2.08. The molecule has 186 valence electrons. The summed E-state index contributed by atoms with van der Waals surface area (Å²) < 4.78 is 32.6. The number of amides is 1. The first-order valence-corrected chi connectivity index (χ1v) is 13.3. The molecule has 10 heteroatoms. The van der Waals surface area contributed by atoms with Crippen molar-refractivity contribution in [1.29, 1.82) is 0 Å². The van der Waals surface area contributed by atoms with Crippen molar-refractivity contribution in [3.63, 3.8) is 0 Å². The van der Waals surface area contributed by atoms with Crippen LogP contribution in [-0.2, 0) is 26.8 Å². The smallest absolute Gasteiger partial charge is 0.246 e. The standard InChI is InChI=1S/C25H29ClN4O4S/c1-25(2,3)19-8-6-17(7-9-19)23-28-22(34-29-23)15-27-24(31)18-5-4-14-30(16-18)35(32,33)21-12-10-20(26)11-13-21/h6-13,18H,4-5,14-16H2,1-3H3,(H,27,31)/t18-/m1/s1. The van der Waals surface area contributed by atoms with E-state index in [4.69, 9.17) is 16.1 Å². The highest BCUT2D eigenvalue weighted by Gasteiger charge is 2.33. The summed E-state index contributed by atoms with van der Waals surface area (Å²) >= 11 is 5.88. The average Bonchev–Trinajstić information content (AvgIpc) is 3.31. The fourth-order valence-electron chi connectivity index (χ4n) is 4.00. The molecular formula is C25H29ClN4O4S. The number of aromatic nitrogens is 2. The third kappa shape index (κ3) is 5.91. The number of nitrogens with one attached hydrogen (secondary N) is 1. The minimum Gasteiger partial charge on any atom is -0.347 e. The quantitative estimate of drug-likeness (QED) is 0.520. The molecule has 0 radical (unpaired) electrons. The normalized spacial score (nSPS) is 17.3. The van der Waals surface area contributed by atoms with Crippen LogP contribution in [0.2, 0.25) is 5.02 Å². The first-order chi connectivity index (χ1) is 16.5. The molecule has 0 saturated carbocycles. The molecule has 1 aliphatic heterocycles. The van der Waals surface area contributed by atoms with E-state index < -0.39 is 15.9 Å². The fraction of sp³-hybridized carbons (Fsp3) is 0.400. The van der Waals surface area contributed by atoms with Gasteiger partial charge in [0.05, 0.1) is 17.4 Å². The molecule has 8 nitrogen and oxygen atoms in total. The average molecular weight is 517 g/mol. The molecular weight excluding hydrogens is 488 g/mol. The Morgan fingerprint density at radius 3 is 2.49 bits per heavy atom. The van der Waals surface area contributed by atoms with Gasteiger partial charge in [0.25, 0.3) is 0 Å². The number of hydrogen-bond acceptors (Lipinski definition) is 6. The molecule has 1 saturated heterocycles. The summed E-state index contributed by atoms with van der Waals surface area (Å²) in [6.45, 7) is 7.01. The number of rotatable bonds is 6. The Labute approximate surface area is 210 Å². The van der Waals surface area contributed by atoms with Crippen LogP contribution in [0.15, 0.2) is 57.9 Å². The second kappa shape index (κ2) is 10.1. The molecule has 1 aromatic heterocycles. The second-order valence-electron chi connectivity index (χ2n) is 9.71. The van der Waals surface area contributed by atoms with Crippen molar-refractivity contribution in [2.24, 2.45) is 5.92 Å². The largest absolute Gasteiger partial charge is 0.347 e. The number of sulfonamides is 1. The maximum atomic E-state index is 13.0. The minimum atomic E-state index is -3.70. The van der Waals surface area contributed by atoms with Crippen molar-refractivity contribution in [2.45, 2.75) is 50.5 Å². The van der Waals surface area contributed by atoms with E-state index in [2.05, 4.69) is 36.2 Å². The maximum absolute atomic E-state index is 13.0. The van der Waals surface area contributed by atoms with E-state index in [1.54, 1.807) is 12.1 Å². The van der Waals surface area contributed by atoms with Crippen LogP contribution in [0, 0.1) is 5.92 Å². The van der Waals surface area contributed by atoms with Gasteiger partial charge in [0, 0.05) is 23.7 Å². The van der Waals surface area contributed by atoms with E-state index in [0.29, 0.717) is 30.2 Å². The van der Waals surface area contributed by atoms with Gasteiger partial charge in [-0.15, -0.1) is 0 Å². The highest BCUT2D eigenvalue weighted by molar-refractivity contribution is 7.89. The Balaban J connectivity index is 1.36. The number of nitrogens with zero attached hydrogens (tertiary/aromatic N) is 3. The van der Waals surface area contributed by atoms with Gasteiger partial charge in [-0.2, -0.15) is 9.29 Å². The zero-order valence-electron chi connectivity index (χ0n) is 20.0. The molecule has 2 aromatic carbocycles. The highest BCUT2D eigenvalue weighted by Crippen LogP contribution is 2.26. The third-order valence-electron chi connectivity index (χ3n) is 6.10. The number of piperidine rings is 1. The molecule has 0 spiro atoms. The third-order valence-corrected chi connectivity index (χ3v) is 8.23. The van der Waals surface area contributed by atoms with Gasteiger partial charge in [0.1, 0.15) is 0 Å². The molecule has 0 bridgehead atoms. The summed E-state index contributed by atoms with van der Waals surface area (Å²) in [6.07, 6.45) is 1.20. The Morgan fingerprint density at radius 1 is 1.14 bits per heavy atom. The molecule has 1 aliphatic rings. The van der Waals surface area contributed by atoms with Crippen LogP contribution in [-0.4, -0.2) is 41.9 Å². The zero-order valence-corrected chi connectivity index (χ0v) is 21.6. The van der Waals surface area contributed by atoms with Crippen molar-refractivity contribution < 1.29 is 17.7 Å². The Hall–Kier alpha value is -2.75. The van der Waals surface area contributed by atoms with Crippen molar-refractivity contribution in [2.75, 3.05) is 13.1 Å². The number of halogens is 1. The molecule has 1 N–H and O–H groups in total. The van der Waals surface area contributed by atoms with Crippen LogP contribution in [0.5, 0.6) is 0 Å². The van der Waals surface area contributed by atoms with Gasteiger partial charge in [-0.25, -0.2) is 8.42 Å². The lowest BCUT2D eigenvalue weighted by Gasteiger charge is -2.31. The number of hydrogen-bond donors (Lipinski definition) is 1. The summed E-state index contributed by atoms with van der Waals surface area (Å²) in [7, 11) is -3.70. The lowest BCUT2D eigenvalue weighted by molar-refractivity contribution is -0.126. The lowest BCUT2D eigenvalue weighted by atomic mass is 9.87. The number of benzene rings is 2. The van der Waals surface area contributed by atoms with Crippen LogP contribution in [0.1, 0.15) is 45.1 Å². The first-order valence-electron chi connectivity index (χ1n) is 11.5. The van der Waals surface area contributed by atoms with Crippen LogP contribution in [0.4, 0.5) is 0 Å². The van der Waals surface area contributed by atoms with E-state index in [-0.39, 0.29) is 35.2 Å². The van der Waals surface area contributed by atoms with Crippen LogP contribution >= 0.6 is 11.6 Å². The first kappa shape index (κ1) is 25.3. The van der Waals surface area contributed by atoms with Crippen LogP contribution in [0.25, 0.3) is 11.4 Å². The Bertz CT molecular complexity index is 1280. The van der Waals surface area contributed by atoms with E-state index in [0.717, 1.165) is 5.56 Å². The molecule has 2 heterocycles. The van der Waals surface area contributed by atoms with Gasteiger partial charge in [-0.3, -0.25) is 4.79 Å². The van der Waals surface area contributed by atoms with E-state index in [9.17, 15) is 13.2 Å². The fourth-order valence-corrected chi connectivity index (χ4v) is 5.65. The molecule has 3 aromatic rings.